The molecule has 1 aliphatic carbocycles. The molecular weight excluding hydrogens is 452 g/mol. The zero-order chi connectivity index (χ0) is 22.1. The zero-order valence-corrected chi connectivity index (χ0v) is 20.4. The largest absolute Gasteiger partial charge is 0.459 e. The minimum absolute atomic E-state index is 0.0166. The van der Waals surface area contributed by atoms with Gasteiger partial charge >= 0.3 is 5.97 Å². The molecule has 3 atom stereocenters. The van der Waals surface area contributed by atoms with Gasteiger partial charge in [-0.1, -0.05) is 55.3 Å². The van der Waals surface area contributed by atoms with Crippen LogP contribution in [-0.2, 0) is 23.1 Å². The van der Waals surface area contributed by atoms with E-state index in [1.54, 1.807) is 0 Å². The first-order valence-corrected chi connectivity index (χ1v) is 12.1. The van der Waals surface area contributed by atoms with Gasteiger partial charge in [-0.2, -0.15) is 0 Å². The lowest BCUT2D eigenvalue weighted by molar-refractivity contribution is -0.634. The van der Waals surface area contributed by atoms with Gasteiger partial charge in [-0.15, -0.1) is 0 Å². The number of aryl methyl sites for hydroxylation is 1. The van der Waals surface area contributed by atoms with E-state index in [2.05, 4.69) is 77.1 Å². The molecule has 0 aliphatic heterocycles. The first-order chi connectivity index (χ1) is 14.8. The van der Waals surface area contributed by atoms with E-state index in [0.29, 0.717) is 17.8 Å². The molecule has 0 bridgehead atoms. The van der Waals surface area contributed by atoms with Crippen LogP contribution in [0.1, 0.15) is 40.0 Å². The van der Waals surface area contributed by atoms with Crippen molar-refractivity contribution < 1.29 is 14.1 Å². The highest BCUT2D eigenvalue weighted by atomic mass is 79.9. The van der Waals surface area contributed by atoms with Crippen molar-refractivity contribution in [3.05, 3.63) is 53.0 Å². The molecule has 0 amide bonds. The molecule has 3 aromatic rings. The number of benzene rings is 2. The average Bonchev–Trinajstić information content (AvgIpc) is 3.00. The molecule has 0 radical (unpaired) electrons. The van der Waals surface area contributed by atoms with E-state index < -0.39 is 0 Å². The van der Waals surface area contributed by atoms with Gasteiger partial charge in [0.2, 0.25) is 0 Å². The predicted octanol–water partition coefficient (Wildman–Crippen LogP) is 5.90. The van der Waals surface area contributed by atoms with Crippen LogP contribution < -0.4 is 4.57 Å². The maximum Gasteiger partial charge on any atom is 0.348 e. The number of hydrogen-bond acceptors (Lipinski definition) is 2. The Labute approximate surface area is 193 Å². The molecule has 1 heterocycles. The summed E-state index contributed by atoms with van der Waals surface area (Å²) < 4.78 is 11.4. The summed E-state index contributed by atoms with van der Waals surface area (Å²) >= 11 is 3.52. The molecule has 1 fully saturated rings. The molecule has 5 heteroatoms. The van der Waals surface area contributed by atoms with E-state index in [9.17, 15) is 4.79 Å². The van der Waals surface area contributed by atoms with Crippen molar-refractivity contribution in [2.45, 2.75) is 52.7 Å². The van der Waals surface area contributed by atoms with Crippen LogP contribution in [0.4, 0.5) is 0 Å². The molecule has 0 spiro atoms. The molecule has 164 valence electrons. The Morgan fingerprint density at radius 3 is 2.58 bits per heavy atom. The van der Waals surface area contributed by atoms with Crippen molar-refractivity contribution >= 4 is 32.9 Å². The number of rotatable bonds is 5. The van der Waals surface area contributed by atoms with Crippen molar-refractivity contribution in [3.8, 4) is 11.4 Å². The summed E-state index contributed by atoms with van der Waals surface area (Å²) in [6.45, 7) is 6.96. The van der Waals surface area contributed by atoms with Gasteiger partial charge in [0.1, 0.15) is 6.10 Å². The molecule has 1 aliphatic rings. The van der Waals surface area contributed by atoms with E-state index in [0.717, 1.165) is 39.7 Å². The van der Waals surface area contributed by atoms with Crippen molar-refractivity contribution in [2.75, 3.05) is 0 Å². The Morgan fingerprint density at radius 2 is 1.87 bits per heavy atom. The smallest absolute Gasteiger partial charge is 0.348 e. The van der Waals surface area contributed by atoms with Crippen molar-refractivity contribution in [2.24, 2.45) is 24.8 Å². The molecule has 0 unspecified atom stereocenters. The van der Waals surface area contributed by atoms with Gasteiger partial charge in [-0.25, -0.2) is 13.9 Å². The van der Waals surface area contributed by atoms with E-state index in [1.807, 2.05) is 24.3 Å². The average molecular weight is 484 g/mol. The Bertz CT molecular complexity index is 1070. The van der Waals surface area contributed by atoms with Crippen molar-refractivity contribution in [1.82, 2.24) is 4.57 Å². The highest BCUT2D eigenvalue weighted by Gasteiger charge is 2.34. The van der Waals surface area contributed by atoms with Gasteiger partial charge in [-0.05, 0) is 67.0 Å². The fourth-order valence-corrected chi connectivity index (χ4v) is 5.34. The van der Waals surface area contributed by atoms with Crippen LogP contribution in [0.5, 0.6) is 0 Å². The summed E-state index contributed by atoms with van der Waals surface area (Å²) in [6.07, 6.45) is 3.35. The normalized spacial score (nSPS) is 21.5. The third-order valence-electron chi connectivity index (χ3n) is 6.74. The summed E-state index contributed by atoms with van der Waals surface area (Å²) in [4.78, 5) is 13.2. The van der Waals surface area contributed by atoms with Crippen LogP contribution in [-0.4, -0.2) is 16.6 Å². The van der Waals surface area contributed by atoms with Gasteiger partial charge < -0.3 is 4.74 Å². The van der Waals surface area contributed by atoms with Crippen LogP contribution in [0, 0.1) is 17.8 Å². The minimum atomic E-state index is -0.149. The summed E-state index contributed by atoms with van der Waals surface area (Å²) in [5, 5.41) is 0. The fourth-order valence-electron chi connectivity index (χ4n) is 5.08. The highest BCUT2D eigenvalue weighted by Crippen LogP contribution is 2.35. The minimum Gasteiger partial charge on any atom is -0.459 e. The van der Waals surface area contributed by atoms with Gasteiger partial charge in [0, 0.05) is 4.47 Å². The molecule has 0 saturated heterocycles. The van der Waals surface area contributed by atoms with E-state index >= 15 is 0 Å². The third kappa shape index (κ3) is 4.57. The number of aromatic nitrogens is 2. The SMILES string of the molecule is CC(C)[C@H]1CC[C@@H](C)C[C@H]1OC(=O)Cn1c(-c2ccc(Br)cc2)[n+](C)c2ccccc21. The lowest BCUT2D eigenvalue weighted by Crippen LogP contribution is -2.37. The lowest BCUT2D eigenvalue weighted by atomic mass is 9.75. The molecule has 1 aromatic heterocycles. The Hall–Kier alpha value is -2.14. The second-order valence-electron chi connectivity index (χ2n) is 9.32. The Morgan fingerprint density at radius 1 is 1.16 bits per heavy atom. The van der Waals surface area contributed by atoms with Crippen molar-refractivity contribution in [1.29, 1.82) is 0 Å². The lowest BCUT2D eigenvalue weighted by Gasteiger charge is -2.36. The molecule has 4 rings (SSSR count). The second-order valence-corrected chi connectivity index (χ2v) is 10.2. The molecular formula is C26H32BrN2O2+. The second kappa shape index (κ2) is 9.15. The number of hydrogen-bond donors (Lipinski definition) is 0. The third-order valence-corrected chi connectivity index (χ3v) is 7.27. The summed E-state index contributed by atoms with van der Waals surface area (Å²) in [5.74, 6) is 2.43. The van der Waals surface area contributed by atoms with Crippen molar-refractivity contribution in [3.63, 3.8) is 0 Å². The number of nitrogens with zero attached hydrogens (tertiary/aromatic N) is 2. The molecule has 2 aromatic carbocycles. The standard InChI is InChI=1S/C26H32BrN2O2/c1-17(2)21-14-9-18(3)15-24(21)31-25(30)16-29-23-8-6-5-7-22(23)28(4)26(29)19-10-12-20(27)13-11-19/h5-8,10-13,17-18,21,24H,9,14-16H2,1-4H3/q+1/t18-,21-,24-/m1/s1. The van der Waals surface area contributed by atoms with E-state index in [4.69, 9.17) is 4.74 Å². The van der Waals surface area contributed by atoms with Crippen LogP contribution >= 0.6 is 15.9 Å². The first kappa shape index (κ1) is 22.1. The fraction of sp³-hybridized carbons (Fsp3) is 0.462. The number of ether oxygens (including phenoxy) is 1. The predicted molar refractivity (Wildman–Crippen MR) is 127 cm³/mol. The first-order valence-electron chi connectivity index (χ1n) is 11.3. The molecule has 1 saturated carbocycles. The monoisotopic (exact) mass is 483 g/mol. The topological polar surface area (TPSA) is 35.1 Å². The number of fused-ring (bicyclic) bond motifs is 1. The number of esters is 1. The summed E-state index contributed by atoms with van der Waals surface area (Å²) in [5.41, 5.74) is 3.21. The van der Waals surface area contributed by atoms with E-state index in [1.165, 1.54) is 6.42 Å². The van der Waals surface area contributed by atoms with Crippen LogP contribution in [0.25, 0.3) is 22.4 Å². The Kier molecular flexibility index (Phi) is 6.52. The summed E-state index contributed by atoms with van der Waals surface area (Å²) in [6, 6.07) is 16.5. The van der Waals surface area contributed by atoms with Crippen LogP contribution in [0.3, 0.4) is 0 Å². The quantitative estimate of drug-likeness (QED) is 0.334. The molecule has 4 nitrogen and oxygen atoms in total. The molecule has 31 heavy (non-hydrogen) atoms. The number of carbonyl (C=O) groups excluding carboxylic acids is 1. The maximum atomic E-state index is 13.2. The number of halogens is 1. The van der Waals surface area contributed by atoms with E-state index in [-0.39, 0.29) is 18.6 Å². The number of imidazole rings is 1. The van der Waals surface area contributed by atoms with Gasteiger partial charge in [-0.3, -0.25) is 0 Å². The van der Waals surface area contributed by atoms with Crippen LogP contribution in [0.2, 0.25) is 0 Å². The van der Waals surface area contributed by atoms with Gasteiger partial charge in [0.25, 0.3) is 5.82 Å². The molecule has 0 N–H and O–H groups in total. The summed E-state index contributed by atoms with van der Waals surface area (Å²) in [7, 11) is 2.05. The number of carbonyl (C=O) groups is 1. The zero-order valence-electron chi connectivity index (χ0n) is 18.8. The van der Waals surface area contributed by atoms with Gasteiger partial charge in [0.05, 0.1) is 12.6 Å². The van der Waals surface area contributed by atoms with Gasteiger partial charge in [0.15, 0.2) is 17.6 Å². The number of para-hydroxylation sites is 2. The Balaban J connectivity index is 1.67. The highest BCUT2D eigenvalue weighted by molar-refractivity contribution is 9.10. The van der Waals surface area contributed by atoms with Crippen LogP contribution in [0.15, 0.2) is 53.0 Å². The maximum absolute atomic E-state index is 13.2.